The van der Waals surface area contributed by atoms with Crippen LogP contribution >= 0.6 is 11.8 Å². The van der Waals surface area contributed by atoms with Crippen molar-refractivity contribution in [2.75, 3.05) is 12.8 Å². The van der Waals surface area contributed by atoms with Crippen molar-refractivity contribution < 1.29 is 0 Å². The van der Waals surface area contributed by atoms with Gasteiger partial charge in [0.2, 0.25) is 0 Å². The lowest BCUT2D eigenvalue weighted by Crippen LogP contribution is -2.16. The number of hydrogen-bond acceptors (Lipinski definition) is 3. The average Bonchev–Trinajstić information content (AvgIpc) is 2.43. The lowest BCUT2D eigenvalue weighted by atomic mass is 9.93. The van der Waals surface area contributed by atoms with Crippen LogP contribution in [0, 0.1) is 17.2 Å². The Labute approximate surface area is 116 Å². The van der Waals surface area contributed by atoms with Gasteiger partial charge in [0, 0.05) is 18.5 Å². The van der Waals surface area contributed by atoms with Crippen molar-refractivity contribution in [2.45, 2.75) is 46.5 Å². The van der Waals surface area contributed by atoms with E-state index in [1.807, 2.05) is 18.8 Å². The van der Waals surface area contributed by atoms with Gasteiger partial charge in [-0.1, -0.05) is 27.2 Å². The maximum absolute atomic E-state index is 9.41. The molecule has 1 heterocycles. The number of nitrogens with zero attached hydrogens (tertiary/aromatic N) is 1. The maximum atomic E-state index is 9.41. The van der Waals surface area contributed by atoms with E-state index in [0.717, 1.165) is 35.8 Å². The molecule has 1 aliphatic rings. The number of thioether (sulfide) groups is 1. The van der Waals surface area contributed by atoms with Crippen LogP contribution in [0.3, 0.4) is 0 Å². The maximum Gasteiger partial charge on any atom is 0.101 e. The molecule has 0 aromatic rings. The van der Waals surface area contributed by atoms with Crippen LogP contribution in [-0.2, 0) is 0 Å². The first kappa shape index (κ1) is 15.2. The highest BCUT2D eigenvalue weighted by Crippen LogP contribution is 2.37. The van der Waals surface area contributed by atoms with Gasteiger partial charge in [0.25, 0.3) is 0 Å². The van der Waals surface area contributed by atoms with E-state index < -0.39 is 0 Å². The van der Waals surface area contributed by atoms with Gasteiger partial charge in [0.05, 0.1) is 5.57 Å². The van der Waals surface area contributed by atoms with Gasteiger partial charge in [-0.25, -0.2) is 0 Å². The predicted molar refractivity (Wildman–Crippen MR) is 80.2 cm³/mol. The second-order valence-electron chi connectivity index (χ2n) is 4.81. The molecule has 0 aromatic carbocycles. The summed E-state index contributed by atoms with van der Waals surface area (Å²) in [4.78, 5) is 1.41. The van der Waals surface area contributed by atoms with Crippen LogP contribution in [0.4, 0.5) is 0 Å². The summed E-state index contributed by atoms with van der Waals surface area (Å²) in [6.45, 7) is 6.71. The SMILES string of the molecule is CCC1=C(CCC(C)CC)C(C#N)=C(NC)CS1. The number of nitrogens with one attached hydrogen (secondary N) is 1. The molecule has 1 atom stereocenters. The molecule has 0 spiro atoms. The van der Waals surface area contributed by atoms with Crippen LogP contribution < -0.4 is 5.32 Å². The van der Waals surface area contributed by atoms with E-state index in [1.54, 1.807) is 0 Å². The van der Waals surface area contributed by atoms with Crippen LogP contribution in [0.1, 0.15) is 46.5 Å². The standard InChI is InChI=1S/C15H24N2S/c1-5-11(3)7-8-12-13(9-16)14(17-4)10-18-15(12)6-2/h11,17H,5-8,10H2,1-4H3. The van der Waals surface area contributed by atoms with Crippen molar-refractivity contribution >= 4 is 11.8 Å². The van der Waals surface area contributed by atoms with Crippen molar-refractivity contribution in [2.24, 2.45) is 5.92 Å². The molecular weight excluding hydrogens is 240 g/mol. The van der Waals surface area contributed by atoms with Crippen LogP contribution in [0.2, 0.25) is 0 Å². The summed E-state index contributed by atoms with van der Waals surface area (Å²) in [6, 6.07) is 2.41. The molecule has 1 unspecified atom stereocenters. The summed E-state index contributed by atoms with van der Waals surface area (Å²) in [6.07, 6.45) is 4.48. The first-order valence-electron chi connectivity index (χ1n) is 6.84. The van der Waals surface area contributed by atoms with E-state index in [2.05, 4.69) is 32.2 Å². The molecular formula is C15H24N2S. The Kier molecular flexibility index (Phi) is 6.35. The molecule has 2 nitrogen and oxygen atoms in total. The third kappa shape index (κ3) is 3.55. The molecule has 0 bridgehead atoms. The molecule has 0 fully saturated rings. The zero-order valence-corrected chi connectivity index (χ0v) is 12.8. The molecule has 100 valence electrons. The summed E-state index contributed by atoms with van der Waals surface area (Å²) < 4.78 is 0. The first-order valence-corrected chi connectivity index (χ1v) is 7.82. The van der Waals surface area contributed by atoms with Gasteiger partial charge in [-0.15, -0.1) is 11.8 Å². The van der Waals surface area contributed by atoms with Gasteiger partial charge >= 0.3 is 0 Å². The van der Waals surface area contributed by atoms with E-state index in [0.29, 0.717) is 0 Å². The summed E-state index contributed by atoms with van der Waals surface area (Å²) in [5.41, 5.74) is 3.29. The fourth-order valence-electron chi connectivity index (χ4n) is 2.15. The van der Waals surface area contributed by atoms with E-state index >= 15 is 0 Å². The topological polar surface area (TPSA) is 35.8 Å². The largest absolute Gasteiger partial charge is 0.390 e. The van der Waals surface area contributed by atoms with Crippen LogP contribution in [0.15, 0.2) is 21.7 Å². The number of rotatable bonds is 6. The highest BCUT2D eigenvalue weighted by Gasteiger charge is 2.21. The third-order valence-electron chi connectivity index (χ3n) is 3.65. The van der Waals surface area contributed by atoms with Gasteiger partial charge < -0.3 is 5.32 Å². The Morgan fingerprint density at radius 1 is 1.44 bits per heavy atom. The molecule has 1 N–H and O–H groups in total. The number of nitriles is 1. The minimum Gasteiger partial charge on any atom is -0.390 e. The second kappa shape index (κ2) is 7.53. The van der Waals surface area contributed by atoms with Gasteiger partial charge in [0.1, 0.15) is 6.07 Å². The fraction of sp³-hybridized carbons (Fsp3) is 0.667. The van der Waals surface area contributed by atoms with E-state index in [4.69, 9.17) is 0 Å². The van der Waals surface area contributed by atoms with Crippen molar-refractivity contribution in [3.05, 3.63) is 21.7 Å². The minimum atomic E-state index is 0.737. The Hall–Kier alpha value is -0.880. The highest BCUT2D eigenvalue weighted by atomic mass is 32.2. The van der Waals surface area contributed by atoms with Crippen molar-refractivity contribution in [1.82, 2.24) is 5.32 Å². The van der Waals surface area contributed by atoms with E-state index in [1.165, 1.54) is 23.3 Å². The van der Waals surface area contributed by atoms with E-state index in [9.17, 15) is 5.26 Å². The molecule has 1 aliphatic heterocycles. The molecule has 18 heavy (non-hydrogen) atoms. The molecule has 0 saturated heterocycles. The van der Waals surface area contributed by atoms with Gasteiger partial charge in [-0.3, -0.25) is 0 Å². The van der Waals surface area contributed by atoms with Crippen molar-refractivity contribution in [1.29, 1.82) is 5.26 Å². The highest BCUT2D eigenvalue weighted by molar-refractivity contribution is 8.03. The normalized spacial score (nSPS) is 17.7. The minimum absolute atomic E-state index is 0.737. The summed E-state index contributed by atoms with van der Waals surface area (Å²) >= 11 is 1.89. The predicted octanol–water partition coefficient (Wildman–Crippen LogP) is 4.22. The summed E-state index contributed by atoms with van der Waals surface area (Å²) in [7, 11) is 1.91. The molecule has 0 aromatic heterocycles. The Morgan fingerprint density at radius 2 is 2.17 bits per heavy atom. The quantitative estimate of drug-likeness (QED) is 0.780. The van der Waals surface area contributed by atoms with E-state index in [-0.39, 0.29) is 0 Å². The van der Waals surface area contributed by atoms with Crippen molar-refractivity contribution in [3.8, 4) is 6.07 Å². The molecule has 0 radical (unpaired) electrons. The monoisotopic (exact) mass is 264 g/mol. The average molecular weight is 264 g/mol. The van der Waals surface area contributed by atoms with Crippen LogP contribution in [-0.4, -0.2) is 12.8 Å². The van der Waals surface area contributed by atoms with Crippen LogP contribution in [0.5, 0.6) is 0 Å². The summed E-state index contributed by atoms with van der Waals surface area (Å²) in [5, 5.41) is 12.6. The summed E-state index contributed by atoms with van der Waals surface area (Å²) in [5.74, 6) is 1.65. The zero-order chi connectivity index (χ0) is 13.5. The smallest absolute Gasteiger partial charge is 0.101 e. The Morgan fingerprint density at radius 3 is 2.67 bits per heavy atom. The lowest BCUT2D eigenvalue weighted by Gasteiger charge is -2.23. The fourth-order valence-corrected chi connectivity index (χ4v) is 3.34. The number of allylic oxidation sites excluding steroid dienone is 3. The van der Waals surface area contributed by atoms with Gasteiger partial charge in [0.15, 0.2) is 0 Å². The van der Waals surface area contributed by atoms with Gasteiger partial charge in [-0.05, 0) is 35.7 Å². The first-order chi connectivity index (χ1) is 8.67. The van der Waals surface area contributed by atoms with Crippen molar-refractivity contribution in [3.63, 3.8) is 0 Å². The molecule has 1 rings (SSSR count). The molecule has 0 amide bonds. The van der Waals surface area contributed by atoms with Crippen LogP contribution in [0.25, 0.3) is 0 Å². The molecule has 0 aliphatic carbocycles. The number of hydrogen-bond donors (Lipinski definition) is 1. The molecule has 3 heteroatoms. The van der Waals surface area contributed by atoms with Gasteiger partial charge in [-0.2, -0.15) is 5.26 Å². The Bertz CT molecular complexity index is 388. The lowest BCUT2D eigenvalue weighted by molar-refractivity contribution is 0.516. The Balaban J connectivity index is 2.95. The molecule has 0 saturated carbocycles. The second-order valence-corrected chi connectivity index (χ2v) is 5.88. The zero-order valence-electron chi connectivity index (χ0n) is 12.0. The third-order valence-corrected chi connectivity index (χ3v) is 4.97.